The predicted molar refractivity (Wildman–Crippen MR) is 83.0 cm³/mol. The fraction of sp³-hybridized carbons (Fsp3) is 0.429. The van der Waals surface area contributed by atoms with E-state index in [9.17, 15) is 4.79 Å². The molecule has 1 fully saturated rings. The number of likely N-dealkylation sites (N-methyl/N-ethyl adjacent to an activating group) is 1. The second kappa shape index (κ2) is 6.37. The van der Waals surface area contributed by atoms with Crippen molar-refractivity contribution in [1.82, 2.24) is 24.8 Å². The highest BCUT2D eigenvalue weighted by Gasteiger charge is 2.23. The van der Waals surface area contributed by atoms with Gasteiger partial charge in [0.2, 0.25) is 5.88 Å². The third-order valence-electron chi connectivity index (χ3n) is 3.48. The van der Waals surface area contributed by atoms with Crippen molar-refractivity contribution in [3.05, 3.63) is 23.5 Å². The molecule has 0 aliphatic carbocycles. The van der Waals surface area contributed by atoms with E-state index in [-0.39, 0.29) is 6.09 Å². The molecule has 0 spiro atoms. The van der Waals surface area contributed by atoms with Crippen LogP contribution in [0.5, 0.6) is 5.88 Å². The predicted octanol–water partition coefficient (Wildman–Crippen LogP) is 1.65. The van der Waals surface area contributed by atoms with E-state index >= 15 is 0 Å². The lowest BCUT2D eigenvalue weighted by Crippen LogP contribution is -2.48. The Bertz CT molecular complexity index is 653. The molecule has 22 heavy (non-hydrogen) atoms. The zero-order valence-corrected chi connectivity index (χ0v) is 13.3. The third-order valence-corrected chi connectivity index (χ3v) is 4.46. The minimum Gasteiger partial charge on any atom is -0.390 e. The van der Waals surface area contributed by atoms with Crippen molar-refractivity contribution >= 4 is 17.4 Å². The Labute approximate surface area is 132 Å². The minimum atomic E-state index is -0.341. The van der Waals surface area contributed by atoms with Crippen LogP contribution in [0.15, 0.2) is 18.6 Å². The summed E-state index contributed by atoms with van der Waals surface area (Å²) in [5, 5.41) is 0.701. The van der Waals surface area contributed by atoms with Gasteiger partial charge >= 0.3 is 6.09 Å². The van der Waals surface area contributed by atoms with Gasteiger partial charge in [-0.3, -0.25) is 9.97 Å². The number of carbonyl (C=O) groups excluding carboxylic acids is 1. The molecule has 3 rings (SSSR count). The fourth-order valence-electron chi connectivity index (χ4n) is 2.13. The first-order valence-electron chi connectivity index (χ1n) is 7.02. The number of hydrogen-bond donors (Lipinski definition) is 0. The van der Waals surface area contributed by atoms with Gasteiger partial charge in [0.05, 0.1) is 11.1 Å². The Balaban J connectivity index is 1.70. The van der Waals surface area contributed by atoms with Gasteiger partial charge in [0.15, 0.2) is 0 Å². The summed E-state index contributed by atoms with van der Waals surface area (Å²) in [6.07, 6.45) is 4.53. The summed E-state index contributed by atoms with van der Waals surface area (Å²) >= 11 is 1.44. The SMILES string of the molecule is Cc1sc(-c2cnccn2)nc1OC(=O)N1CCN(C)CC1. The Hall–Kier alpha value is -2.06. The van der Waals surface area contributed by atoms with Gasteiger partial charge in [0, 0.05) is 38.6 Å². The van der Waals surface area contributed by atoms with Crippen molar-refractivity contribution in [2.24, 2.45) is 0 Å². The molecule has 1 aliphatic rings. The van der Waals surface area contributed by atoms with Gasteiger partial charge in [0.1, 0.15) is 10.7 Å². The summed E-state index contributed by atoms with van der Waals surface area (Å²) < 4.78 is 5.44. The molecule has 0 N–H and O–H groups in total. The Morgan fingerprint density at radius 3 is 2.73 bits per heavy atom. The highest BCUT2D eigenvalue weighted by molar-refractivity contribution is 7.15. The smallest absolute Gasteiger partial charge is 0.390 e. The second-order valence-electron chi connectivity index (χ2n) is 5.13. The molecule has 2 aromatic rings. The second-order valence-corrected chi connectivity index (χ2v) is 6.33. The minimum absolute atomic E-state index is 0.341. The van der Waals surface area contributed by atoms with Crippen LogP contribution >= 0.6 is 11.3 Å². The third kappa shape index (κ3) is 3.23. The summed E-state index contributed by atoms with van der Waals surface area (Å²) in [7, 11) is 2.04. The number of carbonyl (C=O) groups is 1. The van der Waals surface area contributed by atoms with Crippen molar-refractivity contribution < 1.29 is 9.53 Å². The maximum absolute atomic E-state index is 12.2. The van der Waals surface area contributed by atoms with Crippen LogP contribution in [0.25, 0.3) is 10.7 Å². The maximum atomic E-state index is 12.2. The summed E-state index contributed by atoms with van der Waals surface area (Å²) in [6.45, 7) is 4.95. The molecular weight excluding hydrogens is 302 g/mol. The van der Waals surface area contributed by atoms with E-state index in [0.717, 1.165) is 18.0 Å². The molecule has 2 aromatic heterocycles. The monoisotopic (exact) mass is 319 g/mol. The van der Waals surface area contributed by atoms with E-state index in [1.54, 1.807) is 23.5 Å². The number of aromatic nitrogens is 3. The van der Waals surface area contributed by atoms with E-state index in [1.165, 1.54) is 11.3 Å². The van der Waals surface area contributed by atoms with Crippen molar-refractivity contribution in [3.8, 4) is 16.6 Å². The van der Waals surface area contributed by atoms with Gasteiger partial charge in [-0.05, 0) is 14.0 Å². The van der Waals surface area contributed by atoms with Crippen LogP contribution in [0, 0.1) is 6.92 Å². The normalized spacial score (nSPS) is 15.8. The molecule has 0 unspecified atom stereocenters. The molecule has 0 bridgehead atoms. The van der Waals surface area contributed by atoms with Crippen molar-refractivity contribution in [1.29, 1.82) is 0 Å². The quantitative estimate of drug-likeness (QED) is 0.838. The van der Waals surface area contributed by atoms with Crippen LogP contribution < -0.4 is 4.74 Å². The molecule has 116 valence electrons. The standard InChI is InChI=1S/C14H17N5O2S/c1-10-12(17-13(22-10)11-9-15-3-4-16-11)21-14(20)19-7-5-18(2)6-8-19/h3-4,9H,5-8H2,1-2H3. The Morgan fingerprint density at radius 2 is 2.05 bits per heavy atom. The van der Waals surface area contributed by atoms with E-state index in [4.69, 9.17) is 4.74 Å². The lowest BCUT2D eigenvalue weighted by molar-refractivity contribution is 0.119. The van der Waals surface area contributed by atoms with Crippen LogP contribution in [0.3, 0.4) is 0 Å². The zero-order chi connectivity index (χ0) is 15.5. The molecule has 1 amide bonds. The summed E-state index contributed by atoms with van der Waals surface area (Å²) in [5.41, 5.74) is 0.678. The molecule has 0 radical (unpaired) electrons. The average molecular weight is 319 g/mol. The number of piperazine rings is 1. The Morgan fingerprint density at radius 1 is 1.27 bits per heavy atom. The molecule has 7 nitrogen and oxygen atoms in total. The molecule has 0 atom stereocenters. The van der Waals surface area contributed by atoms with Gasteiger partial charge < -0.3 is 14.5 Å². The number of amides is 1. The highest BCUT2D eigenvalue weighted by atomic mass is 32.1. The van der Waals surface area contributed by atoms with Crippen molar-refractivity contribution in [2.45, 2.75) is 6.92 Å². The number of rotatable bonds is 2. The molecule has 0 aromatic carbocycles. The molecule has 8 heteroatoms. The summed E-state index contributed by atoms with van der Waals surface area (Å²) in [6, 6.07) is 0. The van der Waals surface area contributed by atoms with Gasteiger partial charge in [-0.1, -0.05) is 0 Å². The van der Waals surface area contributed by atoms with Crippen LogP contribution in [0.1, 0.15) is 4.88 Å². The molecule has 3 heterocycles. The lowest BCUT2D eigenvalue weighted by atomic mass is 10.3. The number of ether oxygens (including phenoxy) is 1. The first-order valence-corrected chi connectivity index (χ1v) is 7.84. The van der Waals surface area contributed by atoms with Gasteiger partial charge in [0.25, 0.3) is 0 Å². The maximum Gasteiger partial charge on any atom is 0.416 e. The number of hydrogen-bond acceptors (Lipinski definition) is 7. The van der Waals surface area contributed by atoms with Crippen molar-refractivity contribution in [2.75, 3.05) is 33.2 Å². The number of thiazole rings is 1. The molecule has 0 saturated carbocycles. The topological polar surface area (TPSA) is 71.4 Å². The zero-order valence-electron chi connectivity index (χ0n) is 12.5. The first-order chi connectivity index (χ1) is 10.6. The lowest BCUT2D eigenvalue weighted by Gasteiger charge is -2.31. The van der Waals surface area contributed by atoms with E-state index in [0.29, 0.717) is 29.7 Å². The van der Waals surface area contributed by atoms with E-state index in [1.807, 2.05) is 14.0 Å². The first kappa shape index (κ1) is 14.9. The number of nitrogens with zero attached hydrogens (tertiary/aromatic N) is 5. The summed E-state index contributed by atoms with van der Waals surface area (Å²) in [4.78, 5) is 29.5. The van der Waals surface area contributed by atoms with Gasteiger partial charge in [-0.2, -0.15) is 4.98 Å². The van der Waals surface area contributed by atoms with Crippen LogP contribution in [-0.4, -0.2) is 64.1 Å². The number of aryl methyl sites for hydroxylation is 1. The van der Waals surface area contributed by atoms with Crippen LogP contribution in [0.2, 0.25) is 0 Å². The highest BCUT2D eigenvalue weighted by Crippen LogP contribution is 2.30. The van der Waals surface area contributed by atoms with Crippen molar-refractivity contribution in [3.63, 3.8) is 0 Å². The Kier molecular flexibility index (Phi) is 4.30. The van der Waals surface area contributed by atoms with Gasteiger partial charge in [-0.25, -0.2) is 4.79 Å². The molecule has 1 saturated heterocycles. The van der Waals surface area contributed by atoms with Crippen LogP contribution in [0.4, 0.5) is 4.79 Å². The van der Waals surface area contributed by atoms with E-state index < -0.39 is 0 Å². The van der Waals surface area contributed by atoms with Crippen LogP contribution in [-0.2, 0) is 0 Å². The van der Waals surface area contributed by atoms with E-state index in [2.05, 4.69) is 19.9 Å². The largest absolute Gasteiger partial charge is 0.416 e. The summed E-state index contributed by atoms with van der Waals surface area (Å²) in [5.74, 6) is 0.356. The average Bonchev–Trinajstić information content (AvgIpc) is 2.90. The molecule has 1 aliphatic heterocycles. The fourth-order valence-corrected chi connectivity index (χ4v) is 2.94. The van der Waals surface area contributed by atoms with Gasteiger partial charge in [-0.15, -0.1) is 11.3 Å². The molecular formula is C14H17N5O2S.